The minimum atomic E-state index is 0.529. The van der Waals surface area contributed by atoms with Gasteiger partial charge in [0, 0.05) is 5.69 Å². The molecule has 0 spiro atoms. The van der Waals surface area contributed by atoms with Crippen LogP contribution in [-0.4, -0.2) is 0 Å². The molecule has 2 aromatic rings. The maximum absolute atomic E-state index is 8.78. The van der Waals surface area contributed by atoms with E-state index in [1.54, 1.807) is 6.07 Å². The van der Waals surface area contributed by atoms with Gasteiger partial charge in [-0.2, -0.15) is 0 Å². The highest BCUT2D eigenvalue weighted by Gasteiger charge is 1.99. The van der Waals surface area contributed by atoms with E-state index in [0.717, 1.165) is 11.4 Å². The van der Waals surface area contributed by atoms with Crippen molar-refractivity contribution in [2.24, 2.45) is 5.11 Å². The molecule has 0 aromatic heterocycles. The van der Waals surface area contributed by atoms with Gasteiger partial charge in [0.25, 0.3) is 0 Å². The first kappa shape index (κ1) is 9.40. The standard InChI is InChI=1S/C12H10N3/c13-15-12-9-5-4-8-11(12)14-10-6-2-1-3-7-10/h1-9,14H. The predicted octanol–water partition coefficient (Wildman–Crippen LogP) is 3.31. The number of benzene rings is 2. The lowest BCUT2D eigenvalue weighted by Gasteiger charge is -2.07. The van der Waals surface area contributed by atoms with Gasteiger partial charge in [-0.1, -0.05) is 30.3 Å². The number of hydrogen-bond donors (Lipinski definition) is 1. The average molecular weight is 196 g/mol. The third-order valence-electron chi connectivity index (χ3n) is 2.06. The fourth-order valence-electron chi connectivity index (χ4n) is 1.34. The van der Waals surface area contributed by atoms with Gasteiger partial charge in [-0.05, 0) is 29.8 Å². The van der Waals surface area contributed by atoms with Gasteiger partial charge in [-0.3, -0.25) is 0 Å². The summed E-state index contributed by atoms with van der Waals surface area (Å²) in [5, 5.41) is 6.37. The summed E-state index contributed by atoms with van der Waals surface area (Å²) in [4.78, 5) is 0. The smallest absolute Gasteiger partial charge is 0.111 e. The molecule has 15 heavy (non-hydrogen) atoms. The second-order valence-corrected chi connectivity index (χ2v) is 3.11. The molecule has 0 aliphatic carbocycles. The van der Waals surface area contributed by atoms with Gasteiger partial charge in [-0.25, -0.2) is 0 Å². The molecular weight excluding hydrogens is 186 g/mol. The lowest BCUT2D eigenvalue weighted by molar-refractivity contribution is 1.30. The lowest BCUT2D eigenvalue weighted by Crippen LogP contribution is -1.89. The van der Waals surface area contributed by atoms with Crippen molar-refractivity contribution in [3.8, 4) is 0 Å². The third kappa shape index (κ3) is 2.20. The van der Waals surface area contributed by atoms with Gasteiger partial charge in [0.2, 0.25) is 0 Å². The number of para-hydroxylation sites is 2. The maximum Gasteiger partial charge on any atom is 0.111 e. The van der Waals surface area contributed by atoms with Crippen molar-refractivity contribution in [3.63, 3.8) is 0 Å². The summed E-state index contributed by atoms with van der Waals surface area (Å²) >= 11 is 0. The molecule has 0 aliphatic heterocycles. The van der Waals surface area contributed by atoms with Crippen molar-refractivity contribution >= 4 is 17.1 Å². The van der Waals surface area contributed by atoms with Gasteiger partial charge in [0.1, 0.15) is 5.69 Å². The SMILES string of the molecule is [N]=Nc1ccccc1Nc1ccccc1. The quantitative estimate of drug-likeness (QED) is 0.752. The molecule has 73 valence electrons. The van der Waals surface area contributed by atoms with Crippen LogP contribution in [0.25, 0.3) is 0 Å². The number of hydrogen-bond acceptors (Lipinski definition) is 2. The maximum atomic E-state index is 8.78. The van der Waals surface area contributed by atoms with Crippen molar-refractivity contribution < 1.29 is 0 Å². The first-order valence-electron chi connectivity index (χ1n) is 4.66. The van der Waals surface area contributed by atoms with Crippen molar-refractivity contribution in [3.05, 3.63) is 54.6 Å². The molecule has 0 bridgehead atoms. The zero-order valence-electron chi connectivity index (χ0n) is 8.09. The molecule has 3 nitrogen and oxygen atoms in total. The number of nitrogens with zero attached hydrogens (tertiary/aromatic N) is 2. The van der Waals surface area contributed by atoms with Crippen LogP contribution in [0.4, 0.5) is 17.1 Å². The Morgan fingerprint density at radius 2 is 1.53 bits per heavy atom. The van der Waals surface area contributed by atoms with Crippen LogP contribution in [0, 0.1) is 0 Å². The largest absolute Gasteiger partial charge is 0.354 e. The summed E-state index contributed by atoms with van der Waals surface area (Å²) in [6.45, 7) is 0. The van der Waals surface area contributed by atoms with Gasteiger partial charge >= 0.3 is 0 Å². The fraction of sp³-hybridized carbons (Fsp3) is 0. The fourth-order valence-corrected chi connectivity index (χ4v) is 1.34. The number of rotatable bonds is 3. The molecule has 0 saturated carbocycles. The summed E-state index contributed by atoms with van der Waals surface area (Å²) in [7, 11) is 0. The molecule has 1 radical (unpaired) electrons. The molecule has 0 amide bonds. The summed E-state index contributed by atoms with van der Waals surface area (Å²) in [5.74, 6) is 0. The number of anilines is 2. The second kappa shape index (κ2) is 4.37. The molecule has 0 atom stereocenters. The van der Waals surface area contributed by atoms with Crippen molar-refractivity contribution in [2.75, 3.05) is 5.32 Å². The van der Waals surface area contributed by atoms with Crippen LogP contribution in [0.1, 0.15) is 0 Å². The molecule has 0 fully saturated rings. The summed E-state index contributed by atoms with van der Waals surface area (Å²) in [5.41, 5.74) is 11.1. The van der Waals surface area contributed by atoms with Crippen LogP contribution in [0.2, 0.25) is 0 Å². The van der Waals surface area contributed by atoms with E-state index in [0.29, 0.717) is 5.69 Å². The third-order valence-corrected chi connectivity index (χ3v) is 2.06. The van der Waals surface area contributed by atoms with Crippen molar-refractivity contribution in [1.29, 1.82) is 0 Å². The molecule has 1 N–H and O–H groups in total. The van der Waals surface area contributed by atoms with E-state index in [9.17, 15) is 0 Å². The van der Waals surface area contributed by atoms with Crippen LogP contribution in [0.15, 0.2) is 59.7 Å². The average Bonchev–Trinajstić information content (AvgIpc) is 2.31. The normalized spacial score (nSPS) is 9.60. The second-order valence-electron chi connectivity index (χ2n) is 3.11. The Hall–Kier alpha value is -2.16. The highest BCUT2D eigenvalue weighted by molar-refractivity contribution is 5.71. The van der Waals surface area contributed by atoms with Crippen LogP contribution in [0.5, 0.6) is 0 Å². The molecule has 0 aliphatic rings. The lowest BCUT2D eigenvalue weighted by atomic mass is 10.2. The molecular formula is C12H10N3. The zero-order valence-corrected chi connectivity index (χ0v) is 8.09. The summed E-state index contributed by atoms with van der Waals surface area (Å²) in [6.07, 6.45) is 0. The highest BCUT2D eigenvalue weighted by atomic mass is 15.0. The van der Waals surface area contributed by atoms with Crippen LogP contribution >= 0.6 is 0 Å². The Balaban J connectivity index is 2.28. The van der Waals surface area contributed by atoms with Crippen LogP contribution in [0.3, 0.4) is 0 Å². The van der Waals surface area contributed by atoms with Gasteiger partial charge < -0.3 is 5.32 Å². The first-order valence-corrected chi connectivity index (χ1v) is 4.66. The zero-order chi connectivity index (χ0) is 10.5. The Morgan fingerprint density at radius 1 is 0.867 bits per heavy atom. The molecule has 2 aromatic carbocycles. The van der Waals surface area contributed by atoms with E-state index >= 15 is 0 Å². The summed E-state index contributed by atoms with van der Waals surface area (Å²) < 4.78 is 0. The molecule has 0 heterocycles. The molecule has 3 heteroatoms. The first-order chi connectivity index (χ1) is 7.40. The topological polar surface area (TPSA) is 46.7 Å². The van der Waals surface area contributed by atoms with E-state index in [-0.39, 0.29) is 0 Å². The van der Waals surface area contributed by atoms with E-state index in [2.05, 4.69) is 10.4 Å². The highest BCUT2D eigenvalue weighted by Crippen LogP contribution is 2.26. The number of nitrogens with one attached hydrogen (secondary N) is 1. The van der Waals surface area contributed by atoms with E-state index < -0.39 is 0 Å². The van der Waals surface area contributed by atoms with Gasteiger partial charge in [0.15, 0.2) is 0 Å². The van der Waals surface area contributed by atoms with E-state index in [1.807, 2.05) is 48.5 Å². The van der Waals surface area contributed by atoms with Gasteiger partial charge in [0.05, 0.1) is 5.69 Å². The Bertz CT molecular complexity index is 451. The predicted molar refractivity (Wildman–Crippen MR) is 60.4 cm³/mol. The molecule has 2 rings (SSSR count). The van der Waals surface area contributed by atoms with Crippen molar-refractivity contribution in [1.82, 2.24) is 5.53 Å². The van der Waals surface area contributed by atoms with Crippen molar-refractivity contribution in [2.45, 2.75) is 0 Å². The van der Waals surface area contributed by atoms with E-state index in [1.165, 1.54) is 0 Å². The molecule has 0 unspecified atom stereocenters. The van der Waals surface area contributed by atoms with Crippen LogP contribution in [-0.2, 0) is 0 Å². The minimum absolute atomic E-state index is 0.529. The van der Waals surface area contributed by atoms with E-state index in [4.69, 9.17) is 5.53 Å². The minimum Gasteiger partial charge on any atom is -0.354 e. The van der Waals surface area contributed by atoms with Gasteiger partial charge in [-0.15, -0.1) is 5.11 Å². The molecule has 0 saturated heterocycles. The summed E-state index contributed by atoms with van der Waals surface area (Å²) in [6, 6.07) is 17.1. The Labute approximate surface area is 88.3 Å². The van der Waals surface area contributed by atoms with Crippen LogP contribution < -0.4 is 10.8 Å². The Kier molecular flexibility index (Phi) is 2.74. The monoisotopic (exact) mass is 196 g/mol. The Morgan fingerprint density at radius 3 is 2.27 bits per heavy atom.